The van der Waals surface area contributed by atoms with E-state index in [2.05, 4.69) is 24.4 Å². The Kier molecular flexibility index (Phi) is 6.32. The lowest BCUT2D eigenvalue weighted by Crippen LogP contribution is -2.24. The molecule has 3 nitrogen and oxygen atoms in total. The van der Waals surface area contributed by atoms with E-state index < -0.39 is 0 Å². The molecule has 0 radical (unpaired) electrons. The molecule has 1 aromatic carbocycles. The molecule has 0 heterocycles. The maximum Gasteiger partial charge on any atom is 0.220 e. The summed E-state index contributed by atoms with van der Waals surface area (Å²) in [5, 5.41) is 2.99. The summed E-state index contributed by atoms with van der Waals surface area (Å²) in [4.78, 5) is 11.9. The minimum atomic E-state index is 0.129. The van der Waals surface area contributed by atoms with Crippen molar-refractivity contribution in [2.45, 2.75) is 45.6 Å². The monoisotopic (exact) mass is 287 g/mol. The van der Waals surface area contributed by atoms with Gasteiger partial charge < -0.3 is 10.1 Å². The zero-order chi connectivity index (χ0) is 14.9. The Labute approximate surface area is 127 Å². The molecule has 2 rings (SSSR count). The highest BCUT2D eigenvalue weighted by Gasteiger charge is 2.13. The maximum absolute atomic E-state index is 11.9. The van der Waals surface area contributed by atoms with Crippen molar-refractivity contribution in [1.29, 1.82) is 0 Å². The average Bonchev–Trinajstić information content (AvgIpc) is 2.99. The standard InChI is InChI=1S/C18H25NO2/c1-2-3-11-21-17-10-6-9-16(12-17)14-19-18(20)13-15-7-4-5-8-15/h4,6-7,9-10,12,15H,2-3,5,8,11,13-14H2,1H3,(H,19,20)/t15-/m1/s1. The van der Waals surface area contributed by atoms with E-state index in [1.807, 2.05) is 24.3 Å². The number of nitrogens with one attached hydrogen (secondary N) is 1. The fraction of sp³-hybridized carbons (Fsp3) is 0.500. The van der Waals surface area contributed by atoms with E-state index in [4.69, 9.17) is 4.74 Å². The molecule has 0 aliphatic heterocycles. The number of rotatable bonds is 8. The predicted octanol–water partition coefficient (Wildman–Crippen LogP) is 3.84. The normalized spacial score (nSPS) is 16.9. The SMILES string of the molecule is CCCCOc1cccc(CNC(=O)C[C@@H]2C=CCC2)c1. The van der Waals surface area contributed by atoms with Gasteiger partial charge in [-0.3, -0.25) is 4.79 Å². The second-order valence-corrected chi connectivity index (χ2v) is 5.60. The van der Waals surface area contributed by atoms with Crippen molar-refractivity contribution in [3.63, 3.8) is 0 Å². The summed E-state index contributed by atoms with van der Waals surface area (Å²) in [6, 6.07) is 7.96. The molecule has 0 saturated carbocycles. The van der Waals surface area contributed by atoms with Crippen molar-refractivity contribution in [2.24, 2.45) is 5.92 Å². The molecule has 1 amide bonds. The van der Waals surface area contributed by atoms with Crippen molar-refractivity contribution in [2.75, 3.05) is 6.61 Å². The van der Waals surface area contributed by atoms with Gasteiger partial charge in [-0.2, -0.15) is 0 Å². The minimum Gasteiger partial charge on any atom is -0.494 e. The predicted molar refractivity (Wildman–Crippen MR) is 85.2 cm³/mol. The van der Waals surface area contributed by atoms with Gasteiger partial charge in [-0.1, -0.05) is 37.6 Å². The summed E-state index contributed by atoms with van der Waals surface area (Å²) < 4.78 is 5.68. The number of hydrogen-bond acceptors (Lipinski definition) is 2. The first kappa shape index (κ1) is 15.6. The molecule has 21 heavy (non-hydrogen) atoms. The number of carbonyl (C=O) groups excluding carboxylic acids is 1. The summed E-state index contributed by atoms with van der Waals surface area (Å²) in [6.07, 6.45) is 9.32. The van der Waals surface area contributed by atoms with Gasteiger partial charge in [-0.15, -0.1) is 0 Å². The summed E-state index contributed by atoms with van der Waals surface area (Å²) in [6.45, 7) is 3.47. The third-order valence-electron chi connectivity index (χ3n) is 3.71. The smallest absolute Gasteiger partial charge is 0.220 e. The van der Waals surface area contributed by atoms with E-state index >= 15 is 0 Å². The number of ether oxygens (including phenoxy) is 1. The molecule has 1 aliphatic rings. The van der Waals surface area contributed by atoms with Crippen LogP contribution in [0.25, 0.3) is 0 Å². The highest BCUT2D eigenvalue weighted by atomic mass is 16.5. The van der Waals surface area contributed by atoms with Crippen LogP contribution >= 0.6 is 0 Å². The van der Waals surface area contributed by atoms with Crippen molar-refractivity contribution >= 4 is 5.91 Å². The van der Waals surface area contributed by atoms with E-state index in [1.165, 1.54) is 0 Å². The Morgan fingerprint density at radius 3 is 3.10 bits per heavy atom. The average molecular weight is 287 g/mol. The summed E-state index contributed by atoms with van der Waals surface area (Å²) in [5.41, 5.74) is 1.08. The fourth-order valence-electron chi connectivity index (χ4n) is 2.46. The number of allylic oxidation sites excluding steroid dienone is 2. The van der Waals surface area contributed by atoms with Gasteiger partial charge in [0.25, 0.3) is 0 Å². The van der Waals surface area contributed by atoms with E-state index in [0.29, 0.717) is 18.9 Å². The fourth-order valence-corrected chi connectivity index (χ4v) is 2.46. The molecule has 0 fully saturated rings. The molecule has 3 heteroatoms. The van der Waals surface area contributed by atoms with Crippen LogP contribution in [-0.4, -0.2) is 12.5 Å². The molecule has 1 N–H and O–H groups in total. The van der Waals surface area contributed by atoms with Crippen LogP contribution < -0.4 is 10.1 Å². The lowest BCUT2D eigenvalue weighted by atomic mass is 10.1. The van der Waals surface area contributed by atoms with Gasteiger partial charge in [0.1, 0.15) is 5.75 Å². The molecule has 0 saturated heterocycles. The summed E-state index contributed by atoms with van der Waals surface area (Å²) in [5.74, 6) is 1.44. The minimum absolute atomic E-state index is 0.129. The van der Waals surface area contributed by atoms with Gasteiger partial charge in [-0.05, 0) is 42.9 Å². The molecule has 1 atom stereocenters. The molecule has 0 spiro atoms. The van der Waals surface area contributed by atoms with Crippen molar-refractivity contribution in [3.8, 4) is 5.75 Å². The van der Waals surface area contributed by atoms with Crippen LogP contribution in [0.3, 0.4) is 0 Å². The molecule has 0 unspecified atom stereocenters. The summed E-state index contributed by atoms with van der Waals surface area (Å²) >= 11 is 0. The Morgan fingerprint density at radius 2 is 2.33 bits per heavy atom. The molecular formula is C18H25NO2. The first-order chi connectivity index (χ1) is 10.3. The van der Waals surface area contributed by atoms with E-state index in [0.717, 1.165) is 43.6 Å². The highest BCUT2D eigenvalue weighted by Crippen LogP contribution is 2.20. The van der Waals surface area contributed by atoms with Crippen molar-refractivity contribution in [1.82, 2.24) is 5.32 Å². The van der Waals surface area contributed by atoms with Crippen LogP contribution in [0.1, 0.15) is 44.6 Å². The lowest BCUT2D eigenvalue weighted by molar-refractivity contribution is -0.121. The Morgan fingerprint density at radius 1 is 1.43 bits per heavy atom. The molecule has 114 valence electrons. The van der Waals surface area contributed by atoms with E-state index in [9.17, 15) is 4.79 Å². The quantitative estimate of drug-likeness (QED) is 0.583. The van der Waals surface area contributed by atoms with Gasteiger partial charge in [0.2, 0.25) is 5.91 Å². The van der Waals surface area contributed by atoms with Crippen LogP contribution in [-0.2, 0) is 11.3 Å². The maximum atomic E-state index is 11.9. The largest absolute Gasteiger partial charge is 0.494 e. The third-order valence-corrected chi connectivity index (χ3v) is 3.71. The number of amides is 1. The second-order valence-electron chi connectivity index (χ2n) is 5.60. The van der Waals surface area contributed by atoms with Crippen LogP contribution in [0.4, 0.5) is 0 Å². The Hall–Kier alpha value is -1.77. The summed E-state index contributed by atoms with van der Waals surface area (Å²) in [7, 11) is 0. The van der Waals surface area contributed by atoms with E-state index in [-0.39, 0.29) is 5.91 Å². The van der Waals surface area contributed by atoms with Crippen LogP contribution in [0, 0.1) is 5.92 Å². The van der Waals surface area contributed by atoms with Gasteiger partial charge in [0.15, 0.2) is 0 Å². The molecular weight excluding hydrogens is 262 g/mol. The molecule has 0 aromatic heterocycles. The van der Waals surface area contributed by atoms with Crippen molar-refractivity contribution in [3.05, 3.63) is 42.0 Å². The topological polar surface area (TPSA) is 38.3 Å². The van der Waals surface area contributed by atoms with Gasteiger partial charge in [0.05, 0.1) is 6.61 Å². The first-order valence-electron chi connectivity index (χ1n) is 7.93. The van der Waals surface area contributed by atoms with E-state index in [1.54, 1.807) is 0 Å². The highest BCUT2D eigenvalue weighted by molar-refractivity contribution is 5.76. The van der Waals surface area contributed by atoms with Crippen LogP contribution in [0.15, 0.2) is 36.4 Å². The molecule has 1 aliphatic carbocycles. The molecule has 1 aromatic rings. The van der Waals surface area contributed by atoms with Crippen LogP contribution in [0.2, 0.25) is 0 Å². The molecule has 0 bridgehead atoms. The lowest BCUT2D eigenvalue weighted by Gasteiger charge is -2.10. The third kappa shape index (κ3) is 5.62. The zero-order valence-corrected chi connectivity index (χ0v) is 12.8. The van der Waals surface area contributed by atoms with Crippen LogP contribution in [0.5, 0.6) is 5.75 Å². The number of benzene rings is 1. The number of unbranched alkanes of at least 4 members (excludes halogenated alkanes) is 1. The van der Waals surface area contributed by atoms with Gasteiger partial charge in [-0.25, -0.2) is 0 Å². The number of hydrogen-bond donors (Lipinski definition) is 1. The Bertz CT molecular complexity index is 482. The second kappa shape index (κ2) is 8.50. The zero-order valence-electron chi connectivity index (χ0n) is 12.8. The number of carbonyl (C=O) groups is 1. The van der Waals surface area contributed by atoms with Gasteiger partial charge >= 0.3 is 0 Å². The Balaban J connectivity index is 1.75. The first-order valence-corrected chi connectivity index (χ1v) is 7.93. The van der Waals surface area contributed by atoms with Gasteiger partial charge in [0, 0.05) is 13.0 Å². The van der Waals surface area contributed by atoms with Crippen molar-refractivity contribution < 1.29 is 9.53 Å².